The summed E-state index contributed by atoms with van der Waals surface area (Å²) in [5.41, 5.74) is 3.26. The first kappa shape index (κ1) is 22.9. The number of aryl methyl sites for hydroxylation is 1. The van der Waals surface area contributed by atoms with Crippen molar-refractivity contribution in [1.82, 2.24) is 15.1 Å². The number of hydrogen-bond acceptors (Lipinski definition) is 7. The van der Waals surface area contributed by atoms with E-state index in [-0.39, 0.29) is 18.4 Å². The van der Waals surface area contributed by atoms with E-state index in [2.05, 4.69) is 34.2 Å². The lowest BCUT2D eigenvalue weighted by molar-refractivity contribution is 0.193. The second-order valence-electron chi connectivity index (χ2n) is 8.76. The van der Waals surface area contributed by atoms with Gasteiger partial charge in [-0.25, -0.2) is 0 Å². The van der Waals surface area contributed by atoms with Gasteiger partial charge in [0, 0.05) is 17.6 Å². The zero-order valence-electron chi connectivity index (χ0n) is 19.2. The van der Waals surface area contributed by atoms with Gasteiger partial charge in [-0.15, -0.1) is 10.2 Å². The number of piperidine rings is 1. The highest BCUT2D eigenvalue weighted by Gasteiger charge is 2.21. The molecule has 0 spiro atoms. The lowest BCUT2D eigenvalue weighted by Crippen LogP contribution is -2.34. The molecule has 0 atom stereocenters. The minimum absolute atomic E-state index is 0.152. The number of furan rings is 1. The summed E-state index contributed by atoms with van der Waals surface area (Å²) in [6.45, 7) is 5.63. The molecule has 7 nitrogen and oxygen atoms in total. The smallest absolute Gasteiger partial charge is 0.283 e. The number of likely N-dealkylation sites (tertiary alicyclic amines) is 1. The number of aromatic nitrogens is 2. The largest absolute Gasteiger partial charge is 0.493 e. The fourth-order valence-corrected chi connectivity index (χ4v) is 4.68. The van der Waals surface area contributed by atoms with Gasteiger partial charge in [-0.05, 0) is 74.5 Å². The summed E-state index contributed by atoms with van der Waals surface area (Å²) < 4.78 is 17.3. The molecule has 4 aromatic rings. The summed E-state index contributed by atoms with van der Waals surface area (Å²) in [5.74, 6) is 2.23. The molecule has 0 aliphatic carbocycles. The van der Waals surface area contributed by atoms with E-state index in [4.69, 9.17) is 30.3 Å². The molecule has 0 saturated carbocycles. The van der Waals surface area contributed by atoms with Crippen LogP contribution in [0.1, 0.15) is 42.2 Å². The second-order valence-corrected chi connectivity index (χ2v) is 9.17. The van der Waals surface area contributed by atoms with Crippen LogP contribution in [0.5, 0.6) is 5.75 Å². The molecule has 2 aromatic carbocycles. The van der Waals surface area contributed by atoms with Crippen LogP contribution in [-0.2, 0) is 6.61 Å². The van der Waals surface area contributed by atoms with Crippen molar-refractivity contribution in [2.24, 2.45) is 0 Å². The molecule has 0 bridgehead atoms. The van der Waals surface area contributed by atoms with Crippen LogP contribution in [0.3, 0.4) is 0 Å². The van der Waals surface area contributed by atoms with Crippen molar-refractivity contribution in [3.05, 3.63) is 64.5 Å². The average Bonchev–Trinajstić information content (AvgIpc) is 3.51. The molecule has 1 fully saturated rings. The first-order chi connectivity index (χ1) is 16.6. The van der Waals surface area contributed by atoms with E-state index in [0.29, 0.717) is 23.9 Å². The monoisotopic (exact) mass is 481 g/mol. The van der Waals surface area contributed by atoms with Crippen molar-refractivity contribution < 1.29 is 18.7 Å². The van der Waals surface area contributed by atoms with Crippen LogP contribution < -0.4 is 4.74 Å². The summed E-state index contributed by atoms with van der Waals surface area (Å²) in [4.78, 5) is 2.52. The Labute approximate surface area is 203 Å². The Balaban J connectivity index is 1.12. The molecule has 1 aliphatic heterocycles. The SMILES string of the molecule is Cc1cc(C2CCN(CCCOc3cccc4oc(-c5nnc(CO)o5)cc34)CC2)ccc1Cl. The minimum Gasteiger partial charge on any atom is -0.493 e. The van der Waals surface area contributed by atoms with Crippen LogP contribution in [0.25, 0.3) is 22.6 Å². The molecule has 1 saturated heterocycles. The van der Waals surface area contributed by atoms with Gasteiger partial charge in [0.2, 0.25) is 5.89 Å². The van der Waals surface area contributed by atoms with E-state index >= 15 is 0 Å². The summed E-state index contributed by atoms with van der Waals surface area (Å²) in [7, 11) is 0. The van der Waals surface area contributed by atoms with Gasteiger partial charge < -0.3 is 23.6 Å². The fraction of sp³-hybridized carbons (Fsp3) is 0.385. The van der Waals surface area contributed by atoms with Crippen LogP contribution >= 0.6 is 11.6 Å². The zero-order chi connectivity index (χ0) is 23.5. The van der Waals surface area contributed by atoms with E-state index in [1.165, 1.54) is 18.4 Å². The highest BCUT2D eigenvalue weighted by Crippen LogP contribution is 2.33. The van der Waals surface area contributed by atoms with Crippen molar-refractivity contribution in [2.75, 3.05) is 26.2 Å². The third kappa shape index (κ3) is 4.97. The van der Waals surface area contributed by atoms with Crippen LogP contribution in [0, 0.1) is 6.92 Å². The Hall–Kier alpha value is -2.87. The number of nitrogens with zero attached hydrogens (tertiary/aromatic N) is 3. The number of rotatable bonds is 8. The van der Waals surface area contributed by atoms with Crippen LogP contribution in [-0.4, -0.2) is 46.4 Å². The van der Waals surface area contributed by atoms with Crippen LogP contribution in [0.15, 0.2) is 51.3 Å². The van der Waals surface area contributed by atoms with Gasteiger partial charge in [0.25, 0.3) is 5.89 Å². The van der Waals surface area contributed by atoms with Crippen molar-refractivity contribution in [3.8, 4) is 17.4 Å². The predicted molar refractivity (Wildman–Crippen MR) is 130 cm³/mol. The number of ether oxygens (including phenoxy) is 1. The Morgan fingerprint density at radius 3 is 2.74 bits per heavy atom. The Morgan fingerprint density at radius 2 is 1.97 bits per heavy atom. The fourth-order valence-electron chi connectivity index (χ4n) is 4.56. The lowest BCUT2D eigenvalue weighted by atomic mass is 9.88. The standard InChI is InChI=1S/C26H28ClN3O4/c1-17-14-19(6-7-21(17)27)18-8-11-30(12-9-18)10-3-13-32-22-4-2-5-23-20(22)15-24(33-23)26-29-28-25(16-31)34-26/h2,4-7,14-15,18,31H,3,8-13,16H2,1H3. The molecule has 0 unspecified atom stereocenters. The maximum Gasteiger partial charge on any atom is 0.283 e. The Kier molecular flexibility index (Phi) is 6.85. The molecule has 3 heterocycles. The van der Waals surface area contributed by atoms with Crippen molar-refractivity contribution in [2.45, 2.75) is 38.7 Å². The maximum atomic E-state index is 9.13. The first-order valence-corrected chi connectivity index (χ1v) is 12.1. The number of hydrogen-bond donors (Lipinski definition) is 1. The van der Waals surface area contributed by atoms with Gasteiger partial charge in [0.05, 0.1) is 12.0 Å². The van der Waals surface area contributed by atoms with Crippen molar-refractivity contribution >= 4 is 22.6 Å². The quantitative estimate of drug-likeness (QED) is 0.328. The third-order valence-electron chi connectivity index (χ3n) is 6.45. The molecule has 5 rings (SSSR count). The molecule has 8 heteroatoms. The van der Waals surface area contributed by atoms with Gasteiger partial charge in [-0.2, -0.15) is 0 Å². The number of aliphatic hydroxyl groups is 1. The van der Waals surface area contributed by atoms with E-state index < -0.39 is 0 Å². The van der Waals surface area contributed by atoms with E-state index in [0.717, 1.165) is 47.8 Å². The molecule has 1 aliphatic rings. The highest BCUT2D eigenvalue weighted by molar-refractivity contribution is 6.31. The number of fused-ring (bicyclic) bond motifs is 1. The molecule has 1 N–H and O–H groups in total. The second kappa shape index (κ2) is 10.2. The van der Waals surface area contributed by atoms with Gasteiger partial charge in [-0.1, -0.05) is 29.8 Å². The lowest BCUT2D eigenvalue weighted by Gasteiger charge is -2.32. The molecular formula is C26H28ClN3O4. The first-order valence-electron chi connectivity index (χ1n) is 11.7. The maximum absolute atomic E-state index is 9.13. The molecule has 34 heavy (non-hydrogen) atoms. The highest BCUT2D eigenvalue weighted by atomic mass is 35.5. The van der Waals surface area contributed by atoms with Crippen LogP contribution in [0.2, 0.25) is 5.02 Å². The summed E-state index contributed by atoms with van der Waals surface area (Å²) in [6.07, 6.45) is 3.30. The average molecular weight is 482 g/mol. The number of aliphatic hydroxyl groups excluding tert-OH is 1. The normalized spacial score (nSPS) is 15.3. The van der Waals surface area contributed by atoms with Crippen LogP contribution in [0.4, 0.5) is 0 Å². The molecule has 178 valence electrons. The summed E-state index contributed by atoms with van der Waals surface area (Å²) in [6, 6.07) is 14.0. The van der Waals surface area contributed by atoms with Gasteiger partial charge >= 0.3 is 0 Å². The zero-order valence-corrected chi connectivity index (χ0v) is 19.9. The predicted octanol–water partition coefficient (Wildman–Crippen LogP) is 5.59. The van der Waals surface area contributed by atoms with Crippen molar-refractivity contribution in [3.63, 3.8) is 0 Å². The molecule has 0 radical (unpaired) electrons. The molecular weight excluding hydrogens is 454 g/mol. The van der Waals surface area contributed by atoms with E-state index in [9.17, 15) is 0 Å². The summed E-state index contributed by atoms with van der Waals surface area (Å²) >= 11 is 6.18. The van der Waals surface area contributed by atoms with E-state index in [1.54, 1.807) is 0 Å². The topological polar surface area (TPSA) is 84.8 Å². The Morgan fingerprint density at radius 1 is 1.12 bits per heavy atom. The van der Waals surface area contributed by atoms with Gasteiger partial charge in [0.1, 0.15) is 17.9 Å². The molecule has 2 aromatic heterocycles. The van der Waals surface area contributed by atoms with E-state index in [1.807, 2.05) is 30.3 Å². The molecule has 0 amide bonds. The third-order valence-corrected chi connectivity index (χ3v) is 6.88. The Bertz CT molecular complexity index is 1260. The van der Waals surface area contributed by atoms with Crippen molar-refractivity contribution in [1.29, 1.82) is 0 Å². The minimum atomic E-state index is -0.305. The number of benzene rings is 2. The van der Waals surface area contributed by atoms with Gasteiger partial charge in [0.15, 0.2) is 5.76 Å². The summed E-state index contributed by atoms with van der Waals surface area (Å²) in [5, 5.41) is 18.5. The van der Waals surface area contributed by atoms with Gasteiger partial charge in [-0.3, -0.25) is 0 Å². The number of halogens is 1.